The molecule has 1 aliphatic heterocycles. The molecule has 5 nitrogen and oxygen atoms in total. The number of piperazine rings is 1. The van der Waals surface area contributed by atoms with Crippen molar-refractivity contribution < 1.29 is 4.79 Å². The molecule has 0 atom stereocenters. The van der Waals surface area contributed by atoms with Gasteiger partial charge in [-0.3, -0.25) is 4.79 Å². The van der Waals surface area contributed by atoms with Gasteiger partial charge in [0.15, 0.2) is 0 Å². The van der Waals surface area contributed by atoms with E-state index in [-0.39, 0.29) is 5.91 Å². The molecule has 1 fully saturated rings. The number of amides is 1. The van der Waals surface area contributed by atoms with Crippen molar-refractivity contribution in [1.82, 2.24) is 4.98 Å². The fraction of sp³-hybridized carbons (Fsp3) is 0.238. The predicted molar refractivity (Wildman–Crippen MR) is 112 cm³/mol. The van der Waals surface area contributed by atoms with E-state index in [1.54, 1.807) is 11.3 Å². The molecule has 1 amide bonds. The SMILES string of the molecule is O=C(Cc1cccs1)Nc1ccc(N2CCN(c3ccccc3)CC2)cn1. The molecule has 27 heavy (non-hydrogen) atoms. The van der Waals surface area contributed by atoms with Gasteiger partial charge in [-0.25, -0.2) is 4.98 Å². The zero-order chi connectivity index (χ0) is 18.5. The number of nitrogens with zero attached hydrogens (tertiary/aromatic N) is 3. The maximum absolute atomic E-state index is 12.1. The predicted octanol–water partition coefficient (Wildman–Crippen LogP) is 3.65. The number of nitrogens with one attached hydrogen (secondary N) is 1. The molecule has 0 unspecified atom stereocenters. The van der Waals surface area contributed by atoms with Crippen LogP contribution in [-0.2, 0) is 11.2 Å². The Bertz CT molecular complexity index is 857. The van der Waals surface area contributed by atoms with Gasteiger partial charge in [0.2, 0.25) is 5.91 Å². The van der Waals surface area contributed by atoms with E-state index in [9.17, 15) is 4.79 Å². The van der Waals surface area contributed by atoms with Crippen LogP contribution in [0.2, 0.25) is 0 Å². The van der Waals surface area contributed by atoms with Crippen molar-refractivity contribution in [2.75, 3.05) is 41.3 Å². The van der Waals surface area contributed by atoms with E-state index in [0.717, 1.165) is 36.7 Å². The van der Waals surface area contributed by atoms with Crippen molar-refractivity contribution in [3.05, 3.63) is 71.1 Å². The maximum Gasteiger partial charge on any atom is 0.230 e. The highest BCUT2D eigenvalue weighted by atomic mass is 32.1. The molecule has 2 aromatic heterocycles. The molecule has 3 heterocycles. The summed E-state index contributed by atoms with van der Waals surface area (Å²) in [6.07, 6.45) is 2.24. The average Bonchev–Trinajstić information content (AvgIpc) is 3.22. The van der Waals surface area contributed by atoms with Crippen LogP contribution in [0.25, 0.3) is 0 Å². The summed E-state index contributed by atoms with van der Waals surface area (Å²) in [5.41, 5.74) is 2.37. The number of benzene rings is 1. The van der Waals surface area contributed by atoms with E-state index in [0.29, 0.717) is 12.2 Å². The lowest BCUT2D eigenvalue weighted by Gasteiger charge is -2.37. The van der Waals surface area contributed by atoms with Gasteiger partial charge in [0.1, 0.15) is 5.82 Å². The molecular weight excluding hydrogens is 356 g/mol. The first kappa shape index (κ1) is 17.5. The molecule has 0 aliphatic carbocycles. The number of pyridine rings is 1. The molecule has 0 spiro atoms. The minimum atomic E-state index is -0.0332. The van der Waals surface area contributed by atoms with Crippen LogP contribution in [-0.4, -0.2) is 37.1 Å². The molecule has 1 aromatic carbocycles. The Kier molecular flexibility index (Phi) is 5.34. The topological polar surface area (TPSA) is 48.5 Å². The van der Waals surface area contributed by atoms with Crippen LogP contribution in [0.3, 0.4) is 0 Å². The minimum Gasteiger partial charge on any atom is -0.368 e. The lowest BCUT2D eigenvalue weighted by Crippen LogP contribution is -2.46. The second-order valence-electron chi connectivity index (χ2n) is 6.52. The van der Waals surface area contributed by atoms with E-state index in [4.69, 9.17) is 0 Å². The first-order valence-corrected chi connectivity index (χ1v) is 9.99. The van der Waals surface area contributed by atoms with Gasteiger partial charge in [0, 0.05) is 36.7 Å². The number of anilines is 3. The molecular formula is C21H22N4OS. The van der Waals surface area contributed by atoms with Gasteiger partial charge in [-0.05, 0) is 35.7 Å². The zero-order valence-corrected chi connectivity index (χ0v) is 15.9. The third kappa shape index (κ3) is 4.46. The van der Waals surface area contributed by atoms with E-state index in [1.807, 2.05) is 41.9 Å². The zero-order valence-electron chi connectivity index (χ0n) is 15.0. The summed E-state index contributed by atoms with van der Waals surface area (Å²) in [6.45, 7) is 3.90. The fourth-order valence-electron chi connectivity index (χ4n) is 3.27. The second kappa shape index (κ2) is 8.22. The summed E-state index contributed by atoms with van der Waals surface area (Å²) in [7, 11) is 0. The van der Waals surface area contributed by atoms with E-state index in [1.165, 1.54) is 5.69 Å². The van der Waals surface area contributed by atoms with Crippen LogP contribution in [0.5, 0.6) is 0 Å². The van der Waals surface area contributed by atoms with Crippen molar-refractivity contribution in [2.45, 2.75) is 6.42 Å². The highest BCUT2D eigenvalue weighted by Crippen LogP contribution is 2.21. The van der Waals surface area contributed by atoms with Crippen LogP contribution in [0.15, 0.2) is 66.2 Å². The molecule has 1 N–H and O–H groups in total. The third-order valence-electron chi connectivity index (χ3n) is 4.70. The monoisotopic (exact) mass is 378 g/mol. The van der Waals surface area contributed by atoms with Gasteiger partial charge in [-0.2, -0.15) is 0 Å². The molecule has 1 aliphatic rings. The summed E-state index contributed by atoms with van der Waals surface area (Å²) >= 11 is 1.59. The summed E-state index contributed by atoms with van der Waals surface area (Å²) < 4.78 is 0. The summed E-state index contributed by atoms with van der Waals surface area (Å²) in [5, 5.41) is 4.85. The van der Waals surface area contributed by atoms with E-state index < -0.39 is 0 Å². The van der Waals surface area contributed by atoms with Crippen LogP contribution in [0.4, 0.5) is 17.2 Å². The van der Waals surface area contributed by atoms with Gasteiger partial charge in [-0.1, -0.05) is 24.3 Å². The van der Waals surface area contributed by atoms with Gasteiger partial charge in [0.25, 0.3) is 0 Å². The normalized spacial score (nSPS) is 14.2. The Morgan fingerprint density at radius 2 is 1.67 bits per heavy atom. The number of aromatic nitrogens is 1. The fourth-order valence-corrected chi connectivity index (χ4v) is 3.97. The smallest absolute Gasteiger partial charge is 0.230 e. The Labute approximate surface area is 163 Å². The quantitative estimate of drug-likeness (QED) is 0.736. The first-order valence-electron chi connectivity index (χ1n) is 9.11. The summed E-state index contributed by atoms with van der Waals surface area (Å²) in [6, 6.07) is 18.4. The number of thiophene rings is 1. The van der Waals surface area contributed by atoms with Crippen LogP contribution in [0.1, 0.15) is 4.88 Å². The van der Waals surface area contributed by atoms with Gasteiger partial charge in [0.05, 0.1) is 18.3 Å². The second-order valence-corrected chi connectivity index (χ2v) is 7.55. The molecule has 138 valence electrons. The largest absolute Gasteiger partial charge is 0.368 e. The van der Waals surface area contributed by atoms with Crippen LogP contribution < -0.4 is 15.1 Å². The minimum absolute atomic E-state index is 0.0332. The number of hydrogen-bond donors (Lipinski definition) is 1. The highest BCUT2D eigenvalue weighted by Gasteiger charge is 2.17. The number of hydrogen-bond acceptors (Lipinski definition) is 5. The average molecular weight is 379 g/mol. The van der Waals surface area contributed by atoms with E-state index in [2.05, 4.69) is 44.4 Å². The number of para-hydroxylation sites is 1. The van der Waals surface area contributed by atoms with Gasteiger partial charge < -0.3 is 15.1 Å². The van der Waals surface area contributed by atoms with Gasteiger partial charge >= 0.3 is 0 Å². The van der Waals surface area contributed by atoms with E-state index >= 15 is 0 Å². The summed E-state index contributed by atoms with van der Waals surface area (Å²) in [5.74, 6) is 0.567. The molecule has 4 rings (SSSR count). The third-order valence-corrected chi connectivity index (χ3v) is 5.57. The van der Waals surface area contributed by atoms with Crippen LogP contribution in [0, 0.1) is 0 Å². The molecule has 0 bridgehead atoms. The highest BCUT2D eigenvalue weighted by molar-refractivity contribution is 7.10. The van der Waals surface area contributed by atoms with Crippen LogP contribution >= 0.6 is 11.3 Å². The molecule has 1 saturated heterocycles. The van der Waals surface area contributed by atoms with Crippen molar-refractivity contribution in [3.63, 3.8) is 0 Å². The first-order chi connectivity index (χ1) is 13.3. The summed E-state index contributed by atoms with van der Waals surface area (Å²) in [4.78, 5) is 22.3. The lowest BCUT2D eigenvalue weighted by molar-refractivity contribution is -0.115. The molecule has 6 heteroatoms. The van der Waals surface area contributed by atoms with Crippen molar-refractivity contribution in [3.8, 4) is 0 Å². The van der Waals surface area contributed by atoms with Crippen molar-refractivity contribution in [1.29, 1.82) is 0 Å². The Balaban J connectivity index is 1.31. The standard InChI is InChI=1S/C21H22N4OS/c26-21(15-19-7-4-14-27-19)23-20-9-8-18(16-22-20)25-12-10-24(11-13-25)17-5-2-1-3-6-17/h1-9,14,16H,10-13,15H2,(H,22,23,26). The Morgan fingerprint density at radius 1 is 0.926 bits per heavy atom. The molecule has 0 radical (unpaired) electrons. The Morgan fingerprint density at radius 3 is 2.30 bits per heavy atom. The number of carbonyl (C=O) groups excluding carboxylic acids is 1. The molecule has 0 saturated carbocycles. The lowest BCUT2D eigenvalue weighted by atomic mass is 10.2. The van der Waals surface area contributed by atoms with Crippen molar-refractivity contribution >= 4 is 34.4 Å². The van der Waals surface area contributed by atoms with Gasteiger partial charge in [-0.15, -0.1) is 11.3 Å². The number of rotatable bonds is 5. The molecule has 3 aromatic rings. The van der Waals surface area contributed by atoms with Crippen molar-refractivity contribution in [2.24, 2.45) is 0 Å². The Hall–Kier alpha value is -2.86. The number of carbonyl (C=O) groups is 1. The maximum atomic E-state index is 12.1.